The number of sulfonamides is 1. The Bertz CT molecular complexity index is 1070. The molecular weight excluding hydrogens is 446 g/mol. The molecule has 0 saturated carbocycles. The summed E-state index contributed by atoms with van der Waals surface area (Å²) in [4.78, 5) is 27.3. The van der Waals surface area contributed by atoms with Gasteiger partial charge in [0.2, 0.25) is 21.8 Å². The van der Waals surface area contributed by atoms with Crippen LogP contribution in [0, 0.1) is 0 Å². The van der Waals surface area contributed by atoms with Crippen LogP contribution in [0.25, 0.3) is 0 Å². The molecule has 10 heteroatoms. The molecule has 33 heavy (non-hydrogen) atoms. The zero-order valence-corrected chi connectivity index (χ0v) is 20.4. The predicted octanol–water partition coefficient (Wildman–Crippen LogP) is 2.02. The number of amides is 2. The molecule has 0 aliphatic carbocycles. The van der Waals surface area contributed by atoms with E-state index in [1.807, 2.05) is 6.07 Å². The molecule has 9 nitrogen and oxygen atoms in total. The van der Waals surface area contributed by atoms with Crippen LogP contribution >= 0.6 is 0 Å². The molecule has 0 bridgehead atoms. The highest BCUT2D eigenvalue weighted by molar-refractivity contribution is 7.92. The molecule has 0 spiro atoms. The Morgan fingerprint density at radius 1 is 1.03 bits per heavy atom. The summed E-state index contributed by atoms with van der Waals surface area (Å²) in [7, 11) is -0.791. The summed E-state index contributed by atoms with van der Waals surface area (Å²) in [5.74, 6) is 0.211. The standard InChI is InChI=1S/C23H31N3O6S/c1-6-24-23(28)17(2)25(15-18-9-7-11-20(13-18)31-3)22(27)16-26(33(5,29)30)19-10-8-12-21(14-19)32-4/h7-14,17H,6,15-16H2,1-5H3,(H,24,28)/t17-/m1/s1. The van der Waals surface area contributed by atoms with Gasteiger partial charge >= 0.3 is 0 Å². The quantitative estimate of drug-likeness (QED) is 0.531. The van der Waals surface area contributed by atoms with Crippen LogP contribution in [0.3, 0.4) is 0 Å². The van der Waals surface area contributed by atoms with E-state index in [1.165, 1.54) is 25.2 Å². The highest BCUT2D eigenvalue weighted by Gasteiger charge is 2.30. The van der Waals surface area contributed by atoms with Crippen molar-refractivity contribution in [1.82, 2.24) is 10.2 Å². The predicted molar refractivity (Wildman–Crippen MR) is 127 cm³/mol. The van der Waals surface area contributed by atoms with Crippen LogP contribution in [0.5, 0.6) is 11.5 Å². The smallest absolute Gasteiger partial charge is 0.244 e. The van der Waals surface area contributed by atoms with Gasteiger partial charge in [-0.15, -0.1) is 0 Å². The lowest BCUT2D eigenvalue weighted by molar-refractivity contribution is -0.139. The minimum atomic E-state index is -3.80. The number of likely N-dealkylation sites (N-methyl/N-ethyl adjacent to an activating group) is 1. The summed E-state index contributed by atoms with van der Waals surface area (Å²) in [5.41, 5.74) is 1.03. The third-order valence-electron chi connectivity index (χ3n) is 5.03. The van der Waals surface area contributed by atoms with Crippen LogP contribution in [0.1, 0.15) is 19.4 Å². The zero-order chi connectivity index (χ0) is 24.6. The van der Waals surface area contributed by atoms with Crippen molar-refractivity contribution in [2.75, 3.05) is 37.9 Å². The number of hydrogen-bond acceptors (Lipinski definition) is 6. The molecule has 0 radical (unpaired) electrons. The Kier molecular flexibility index (Phi) is 9.10. The van der Waals surface area contributed by atoms with Gasteiger partial charge < -0.3 is 19.7 Å². The van der Waals surface area contributed by atoms with Crippen molar-refractivity contribution in [1.29, 1.82) is 0 Å². The first-order chi connectivity index (χ1) is 15.6. The number of nitrogens with one attached hydrogen (secondary N) is 1. The highest BCUT2D eigenvalue weighted by Crippen LogP contribution is 2.24. The first kappa shape index (κ1) is 26.0. The maximum absolute atomic E-state index is 13.4. The lowest BCUT2D eigenvalue weighted by Gasteiger charge is -2.31. The van der Waals surface area contributed by atoms with Gasteiger partial charge in [-0.05, 0) is 43.7 Å². The number of nitrogens with zero attached hydrogens (tertiary/aromatic N) is 2. The molecule has 0 saturated heterocycles. The molecule has 0 aliphatic rings. The van der Waals surface area contributed by atoms with E-state index >= 15 is 0 Å². The fourth-order valence-electron chi connectivity index (χ4n) is 3.25. The zero-order valence-electron chi connectivity index (χ0n) is 19.6. The second kappa shape index (κ2) is 11.6. The second-order valence-electron chi connectivity index (χ2n) is 7.41. The number of carbonyl (C=O) groups is 2. The van der Waals surface area contributed by atoms with E-state index in [9.17, 15) is 18.0 Å². The molecule has 0 aromatic heterocycles. The summed E-state index contributed by atoms with van der Waals surface area (Å²) in [6.07, 6.45) is 1.03. The fourth-order valence-corrected chi connectivity index (χ4v) is 4.09. The van der Waals surface area contributed by atoms with Crippen LogP contribution in [-0.4, -0.2) is 64.7 Å². The van der Waals surface area contributed by atoms with E-state index < -0.39 is 28.5 Å². The van der Waals surface area contributed by atoms with Crippen molar-refractivity contribution in [3.8, 4) is 11.5 Å². The first-order valence-corrected chi connectivity index (χ1v) is 12.3. The van der Waals surface area contributed by atoms with Crippen molar-refractivity contribution in [2.24, 2.45) is 0 Å². The number of methoxy groups -OCH3 is 2. The molecular formula is C23H31N3O6S. The molecule has 2 amide bonds. The second-order valence-corrected chi connectivity index (χ2v) is 9.32. The van der Waals surface area contributed by atoms with Crippen LogP contribution in [-0.2, 0) is 26.2 Å². The molecule has 0 unspecified atom stereocenters. The van der Waals surface area contributed by atoms with Crippen LogP contribution in [0.2, 0.25) is 0 Å². The molecule has 2 aromatic rings. The van der Waals surface area contributed by atoms with E-state index in [0.29, 0.717) is 18.0 Å². The molecule has 2 aromatic carbocycles. The molecule has 0 heterocycles. The largest absolute Gasteiger partial charge is 0.497 e. The minimum absolute atomic E-state index is 0.101. The first-order valence-electron chi connectivity index (χ1n) is 10.4. The third kappa shape index (κ3) is 7.11. The minimum Gasteiger partial charge on any atom is -0.497 e. The van der Waals surface area contributed by atoms with E-state index in [0.717, 1.165) is 16.1 Å². The van der Waals surface area contributed by atoms with Gasteiger partial charge in [0.1, 0.15) is 24.1 Å². The van der Waals surface area contributed by atoms with Gasteiger partial charge in [0.05, 0.1) is 26.2 Å². The van der Waals surface area contributed by atoms with Crippen molar-refractivity contribution >= 4 is 27.5 Å². The van der Waals surface area contributed by atoms with E-state index in [4.69, 9.17) is 9.47 Å². The number of hydrogen-bond donors (Lipinski definition) is 1. The van der Waals surface area contributed by atoms with Gasteiger partial charge in [-0.2, -0.15) is 0 Å². The maximum Gasteiger partial charge on any atom is 0.244 e. The summed E-state index contributed by atoms with van der Waals surface area (Å²) < 4.78 is 36.5. The molecule has 2 rings (SSSR count). The topological polar surface area (TPSA) is 105 Å². The lowest BCUT2D eigenvalue weighted by atomic mass is 10.1. The van der Waals surface area contributed by atoms with Crippen LogP contribution in [0.15, 0.2) is 48.5 Å². The summed E-state index contributed by atoms with van der Waals surface area (Å²) in [5, 5.41) is 2.71. The van der Waals surface area contributed by atoms with Gasteiger partial charge in [0, 0.05) is 19.2 Å². The number of ether oxygens (including phenoxy) is 2. The third-order valence-corrected chi connectivity index (χ3v) is 6.17. The Hall–Kier alpha value is -3.27. The van der Waals surface area contributed by atoms with Crippen molar-refractivity contribution in [3.63, 3.8) is 0 Å². The maximum atomic E-state index is 13.4. The molecule has 0 aliphatic heterocycles. The van der Waals surface area contributed by atoms with Crippen molar-refractivity contribution < 1.29 is 27.5 Å². The fraction of sp³-hybridized carbons (Fsp3) is 0.391. The molecule has 1 atom stereocenters. The van der Waals surface area contributed by atoms with Gasteiger partial charge in [0.15, 0.2) is 0 Å². The van der Waals surface area contributed by atoms with Crippen LogP contribution < -0.4 is 19.1 Å². The Morgan fingerprint density at radius 3 is 2.21 bits per heavy atom. The van der Waals surface area contributed by atoms with Crippen LogP contribution in [0.4, 0.5) is 5.69 Å². The van der Waals surface area contributed by atoms with E-state index in [-0.39, 0.29) is 18.1 Å². The van der Waals surface area contributed by atoms with E-state index in [1.54, 1.807) is 50.2 Å². The number of benzene rings is 2. The molecule has 1 N–H and O–H groups in total. The number of carbonyl (C=O) groups excluding carboxylic acids is 2. The SMILES string of the molecule is CCNC(=O)[C@@H](C)N(Cc1cccc(OC)c1)C(=O)CN(c1cccc(OC)c1)S(C)(=O)=O. The highest BCUT2D eigenvalue weighted by atomic mass is 32.2. The van der Waals surface area contributed by atoms with Gasteiger partial charge in [-0.25, -0.2) is 8.42 Å². The normalized spacial score (nSPS) is 11.9. The Balaban J connectivity index is 2.40. The molecule has 180 valence electrons. The van der Waals surface area contributed by atoms with Gasteiger partial charge in [-0.3, -0.25) is 13.9 Å². The summed E-state index contributed by atoms with van der Waals surface area (Å²) >= 11 is 0. The summed E-state index contributed by atoms with van der Waals surface area (Å²) in [6, 6.07) is 12.7. The average Bonchev–Trinajstić information content (AvgIpc) is 2.79. The van der Waals surface area contributed by atoms with Gasteiger partial charge in [-0.1, -0.05) is 18.2 Å². The van der Waals surface area contributed by atoms with Crippen molar-refractivity contribution in [2.45, 2.75) is 26.4 Å². The number of anilines is 1. The monoisotopic (exact) mass is 477 g/mol. The number of rotatable bonds is 11. The Labute approximate surface area is 195 Å². The summed E-state index contributed by atoms with van der Waals surface area (Å²) in [6.45, 7) is 3.43. The molecule has 0 fully saturated rings. The lowest BCUT2D eigenvalue weighted by Crippen LogP contribution is -2.51. The van der Waals surface area contributed by atoms with E-state index in [2.05, 4.69) is 5.32 Å². The van der Waals surface area contributed by atoms with Crippen molar-refractivity contribution in [3.05, 3.63) is 54.1 Å². The Morgan fingerprint density at radius 2 is 1.64 bits per heavy atom. The average molecular weight is 478 g/mol. The van der Waals surface area contributed by atoms with Gasteiger partial charge in [0.25, 0.3) is 0 Å².